The number of benzene rings is 1. The maximum Gasteiger partial charge on any atom is 0.185 e. The Hall–Kier alpha value is -2.54. The fraction of sp³-hybridized carbons (Fsp3) is 0.286. The molecular weight excluding hydrogens is 320 g/mol. The summed E-state index contributed by atoms with van der Waals surface area (Å²) in [5, 5.41) is 37.0. The Labute approximate surface area is 124 Å². The molecule has 1 saturated carbocycles. The van der Waals surface area contributed by atoms with Crippen LogP contribution >= 0.6 is 15.9 Å². The van der Waals surface area contributed by atoms with E-state index in [4.69, 9.17) is 4.74 Å². The van der Waals surface area contributed by atoms with Gasteiger partial charge in [-0.05, 0) is 33.6 Å². The van der Waals surface area contributed by atoms with Gasteiger partial charge in [-0.25, -0.2) is 0 Å². The molecule has 0 heterocycles. The molecule has 1 aliphatic rings. The van der Waals surface area contributed by atoms with Gasteiger partial charge in [-0.1, -0.05) is 6.07 Å². The minimum absolute atomic E-state index is 0.587. The molecule has 0 spiro atoms. The molecule has 0 amide bonds. The first-order chi connectivity index (χ1) is 9.56. The molecule has 6 heteroatoms. The first-order valence-electron chi connectivity index (χ1n) is 5.55. The van der Waals surface area contributed by atoms with Gasteiger partial charge in [0.05, 0.1) is 41.8 Å². The van der Waals surface area contributed by atoms with Crippen molar-refractivity contribution in [3.05, 3.63) is 28.2 Å². The van der Waals surface area contributed by atoms with Gasteiger partial charge in [-0.2, -0.15) is 21.0 Å². The van der Waals surface area contributed by atoms with Crippen molar-refractivity contribution in [2.75, 3.05) is 7.11 Å². The summed E-state index contributed by atoms with van der Waals surface area (Å²) in [6, 6.07) is 12.3. The van der Waals surface area contributed by atoms with Crippen LogP contribution in [-0.2, 0) is 0 Å². The van der Waals surface area contributed by atoms with E-state index in [1.807, 2.05) is 24.3 Å². The second-order valence-corrected chi connectivity index (χ2v) is 5.24. The zero-order valence-corrected chi connectivity index (χ0v) is 12.0. The lowest BCUT2D eigenvalue weighted by Gasteiger charge is -2.05. The molecule has 96 valence electrons. The molecular formula is C14H7BrN4O. The molecule has 0 bridgehead atoms. The molecule has 1 aromatic rings. The summed E-state index contributed by atoms with van der Waals surface area (Å²) >= 11 is 3.31. The maximum absolute atomic E-state index is 9.25. The Morgan fingerprint density at radius 2 is 1.55 bits per heavy atom. The number of nitrogens with zero attached hydrogens (tertiary/aromatic N) is 4. The molecule has 0 radical (unpaired) electrons. The van der Waals surface area contributed by atoms with Crippen LogP contribution in [0.2, 0.25) is 0 Å². The van der Waals surface area contributed by atoms with Crippen LogP contribution in [0.1, 0.15) is 11.5 Å². The molecule has 0 atom stereocenters. The lowest BCUT2D eigenvalue weighted by atomic mass is 9.98. The van der Waals surface area contributed by atoms with Gasteiger partial charge < -0.3 is 4.74 Å². The standard InChI is InChI=1S/C14H7BrN4O/c1-20-11-3-2-9(4-10(11)15)12-13(5-16,6-17)14(12,7-18)8-19/h2-4,12H,1H3. The largest absolute Gasteiger partial charge is 0.496 e. The maximum atomic E-state index is 9.25. The van der Waals surface area contributed by atoms with E-state index < -0.39 is 16.7 Å². The first-order valence-corrected chi connectivity index (χ1v) is 6.34. The van der Waals surface area contributed by atoms with E-state index in [1.165, 1.54) is 7.11 Å². The average Bonchev–Trinajstić information content (AvgIpc) is 3.10. The number of methoxy groups -OCH3 is 1. The summed E-state index contributed by atoms with van der Waals surface area (Å²) in [4.78, 5) is 0. The van der Waals surface area contributed by atoms with Crippen molar-refractivity contribution >= 4 is 15.9 Å². The van der Waals surface area contributed by atoms with Crippen LogP contribution in [0.15, 0.2) is 22.7 Å². The zero-order chi connectivity index (χ0) is 15.0. The number of halogens is 1. The number of hydrogen-bond acceptors (Lipinski definition) is 5. The molecule has 0 saturated heterocycles. The van der Waals surface area contributed by atoms with E-state index in [0.717, 1.165) is 0 Å². The lowest BCUT2D eigenvalue weighted by molar-refractivity contribution is 0.412. The normalized spacial score (nSPS) is 17.9. The molecule has 0 aliphatic heterocycles. The highest BCUT2D eigenvalue weighted by Gasteiger charge is 2.82. The summed E-state index contributed by atoms with van der Waals surface area (Å²) in [5.41, 5.74) is -2.65. The van der Waals surface area contributed by atoms with Crippen molar-refractivity contribution in [2.45, 2.75) is 5.92 Å². The van der Waals surface area contributed by atoms with E-state index in [0.29, 0.717) is 15.8 Å². The van der Waals surface area contributed by atoms with E-state index >= 15 is 0 Å². The summed E-state index contributed by atoms with van der Waals surface area (Å²) in [5.74, 6) is -0.157. The Kier molecular flexibility index (Phi) is 3.15. The minimum Gasteiger partial charge on any atom is -0.496 e. The second kappa shape index (κ2) is 4.53. The Balaban J connectivity index is 2.58. The highest BCUT2D eigenvalue weighted by atomic mass is 79.9. The van der Waals surface area contributed by atoms with E-state index in [-0.39, 0.29) is 0 Å². The predicted molar refractivity (Wildman–Crippen MR) is 70.8 cm³/mol. The zero-order valence-electron chi connectivity index (χ0n) is 10.4. The van der Waals surface area contributed by atoms with Crippen molar-refractivity contribution < 1.29 is 4.74 Å². The van der Waals surface area contributed by atoms with Crippen LogP contribution in [0.4, 0.5) is 0 Å². The van der Waals surface area contributed by atoms with Crippen molar-refractivity contribution in [2.24, 2.45) is 10.8 Å². The smallest absolute Gasteiger partial charge is 0.185 e. The fourth-order valence-electron chi connectivity index (χ4n) is 2.50. The van der Waals surface area contributed by atoms with Gasteiger partial charge >= 0.3 is 0 Å². The van der Waals surface area contributed by atoms with Gasteiger partial charge in [-0.3, -0.25) is 0 Å². The topological polar surface area (TPSA) is 104 Å². The van der Waals surface area contributed by atoms with Gasteiger partial charge in [0.25, 0.3) is 0 Å². The Morgan fingerprint density at radius 3 is 1.90 bits per heavy atom. The molecule has 1 aromatic carbocycles. The van der Waals surface area contributed by atoms with Crippen molar-refractivity contribution in [3.8, 4) is 30.0 Å². The summed E-state index contributed by atoms with van der Waals surface area (Å²) in [6.07, 6.45) is 0. The van der Waals surface area contributed by atoms with Crippen LogP contribution in [0, 0.1) is 56.2 Å². The average molecular weight is 327 g/mol. The van der Waals surface area contributed by atoms with Crippen LogP contribution in [-0.4, -0.2) is 7.11 Å². The molecule has 0 aromatic heterocycles. The van der Waals surface area contributed by atoms with E-state index in [9.17, 15) is 21.0 Å². The monoisotopic (exact) mass is 326 g/mol. The van der Waals surface area contributed by atoms with Crippen molar-refractivity contribution in [1.29, 1.82) is 21.0 Å². The molecule has 1 aliphatic carbocycles. The minimum atomic E-state index is -1.62. The quantitative estimate of drug-likeness (QED) is 0.830. The number of ether oxygens (including phenoxy) is 1. The van der Waals surface area contributed by atoms with E-state index in [1.54, 1.807) is 18.2 Å². The summed E-state index contributed by atoms with van der Waals surface area (Å²) < 4.78 is 5.74. The van der Waals surface area contributed by atoms with Gasteiger partial charge in [0.1, 0.15) is 5.75 Å². The Bertz CT molecular complexity index is 678. The third-order valence-corrected chi connectivity index (χ3v) is 4.24. The molecule has 2 rings (SSSR count). The number of nitriles is 4. The van der Waals surface area contributed by atoms with E-state index in [2.05, 4.69) is 15.9 Å². The number of rotatable bonds is 2. The third kappa shape index (κ3) is 1.44. The van der Waals surface area contributed by atoms with Gasteiger partial charge in [0, 0.05) is 0 Å². The summed E-state index contributed by atoms with van der Waals surface area (Å²) in [7, 11) is 1.51. The highest BCUT2D eigenvalue weighted by Crippen LogP contribution is 2.73. The number of hydrogen-bond donors (Lipinski definition) is 0. The van der Waals surface area contributed by atoms with Gasteiger partial charge in [0.15, 0.2) is 10.8 Å². The summed E-state index contributed by atoms with van der Waals surface area (Å²) in [6.45, 7) is 0. The van der Waals surface area contributed by atoms with Crippen LogP contribution in [0.3, 0.4) is 0 Å². The SMILES string of the molecule is COc1ccc(C2C(C#N)(C#N)C2(C#N)C#N)cc1Br. The first kappa shape index (κ1) is 13.9. The molecule has 5 nitrogen and oxygen atoms in total. The van der Waals surface area contributed by atoms with Crippen LogP contribution < -0.4 is 4.74 Å². The third-order valence-electron chi connectivity index (χ3n) is 3.62. The highest BCUT2D eigenvalue weighted by molar-refractivity contribution is 9.10. The molecule has 0 N–H and O–H groups in total. The van der Waals surface area contributed by atoms with Gasteiger partial charge in [0.2, 0.25) is 0 Å². The predicted octanol–water partition coefficient (Wildman–Crippen LogP) is 2.62. The Morgan fingerprint density at radius 1 is 1.05 bits per heavy atom. The van der Waals surface area contributed by atoms with Crippen molar-refractivity contribution in [1.82, 2.24) is 0 Å². The second-order valence-electron chi connectivity index (χ2n) is 4.39. The van der Waals surface area contributed by atoms with Crippen LogP contribution in [0.25, 0.3) is 0 Å². The lowest BCUT2D eigenvalue weighted by Crippen LogP contribution is -2.05. The fourth-order valence-corrected chi connectivity index (χ4v) is 3.06. The molecule has 1 fully saturated rings. The molecule has 20 heavy (non-hydrogen) atoms. The van der Waals surface area contributed by atoms with Crippen LogP contribution in [0.5, 0.6) is 5.75 Å². The van der Waals surface area contributed by atoms with Crippen molar-refractivity contribution in [3.63, 3.8) is 0 Å². The molecule has 0 unspecified atom stereocenters. The van der Waals surface area contributed by atoms with Gasteiger partial charge in [-0.15, -0.1) is 0 Å².